The maximum atomic E-state index is 12.0. The Morgan fingerprint density at radius 3 is 2.58 bits per heavy atom. The van der Waals surface area contributed by atoms with E-state index in [-0.39, 0.29) is 12.0 Å². The molecule has 0 fully saturated rings. The third-order valence-corrected chi connectivity index (χ3v) is 3.23. The van der Waals surface area contributed by atoms with Crippen molar-refractivity contribution in [1.82, 2.24) is 0 Å². The van der Waals surface area contributed by atoms with Gasteiger partial charge in [0.05, 0.1) is 22.5 Å². The van der Waals surface area contributed by atoms with Gasteiger partial charge < -0.3 is 15.8 Å². The zero-order valence-electron chi connectivity index (χ0n) is 11.2. The minimum atomic E-state index is -0.582. The molecule has 0 aliphatic rings. The van der Waals surface area contributed by atoms with Crippen LogP contribution in [0.5, 0.6) is 0 Å². The van der Waals surface area contributed by atoms with Crippen molar-refractivity contribution in [3.8, 4) is 0 Å². The molecule has 0 spiro atoms. The summed E-state index contributed by atoms with van der Waals surface area (Å²) in [6.45, 7) is 5.58. The van der Waals surface area contributed by atoms with Gasteiger partial charge in [0.25, 0.3) is 5.91 Å². The van der Waals surface area contributed by atoms with E-state index in [9.17, 15) is 4.79 Å². The SMILES string of the molecule is CCC(C)OC(C)C(=O)Nc1c(N)cc(Cl)cc1Cl. The van der Waals surface area contributed by atoms with Crippen molar-refractivity contribution < 1.29 is 9.53 Å². The van der Waals surface area contributed by atoms with Gasteiger partial charge in [0.2, 0.25) is 0 Å². The molecule has 3 N–H and O–H groups in total. The average molecular weight is 305 g/mol. The van der Waals surface area contributed by atoms with Crippen molar-refractivity contribution in [2.24, 2.45) is 0 Å². The van der Waals surface area contributed by atoms with Crippen LogP contribution in [0.15, 0.2) is 12.1 Å². The number of nitrogens with two attached hydrogens (primary N) is 1. The summed E-state index contributed by atoms with van der Waals surface area (Å²) in [6.07, 6.45) is 0.265. The molecule has 2 atom stereocenters. The Kier molecular flexibility index (Phi) is 5.91. The first kappa shape index (κ1) is 16.1. The van der Waals surface area contributed by atoms with Gasteiger partial charge in [0.1, 0.15) is 6.10 Å². The second-order valence-electron chi connectivity index (χ2n) is 4.34. The molecule has 2 unspecified atom stereocenters. The van der Waals surface area contributed by atoms with E-state index in [4.69, 9.17) is 33.7 Å². The molecule has 0 heterocycles. The third kappa shape index (κ3) is 4.56. The summed E-state index contributed by atoms with van der Waals surface area (Å²) < 4.78 is 5.51. The van der Waals surface area contributed by atoms with Crippen molar-refractivity contribution in [3.63, 3.8) is 0 Å². The van der Waals surface area contributed by atoms with E-state index in [1.165, 1.54) is 12.1 Å². The molecular weight excluding hydrogens is 287 g/mol. The summed E-state index contributed by atoms with van der Waals surface area (Å²) in [5.41, 5.74) is 6.45. The highest BCUT2D eigenvalue weighted by atomic mass is 35.5. The minimum absolute atomic E-state index is 0.0128. The standard InChI is InChI=1S/C13H18Cl2N2O2/c1-4-7(2)19-8(3)13(18)17-12-10(15)5-9(14)6-11(12)16/h5-8H,4,16H2,1-3H3,(H,17,18). The molecule has 6 heteroatoms. The molecule has 1 aromatic rings. The average Bonchev–Trinajstić information content (AvgIpc) is 2.32. The van der Waals surface area contributed by atoms with E-state index in [2.05, 4.69) is 5.32 Å². The molecule has 4 nitrogen and oxygen atoms in total. The number of halogens is 2. The number of rotatable bonds is 5. The van der Waals surface area contributed by atoms with E-state index >= 15 is 0 Å². The molecule has 0 aliphatic heterocycles. The van der Waals surface area contributed by atoms with Crippen LogP contribution in [0.25, 0.3) is 0 Å². The number of nitrogens with one attached hydrogen (secondary N) is 1. The van der Waals surface area contributed by atoms with Crippen LogP contribution in [0.1, 0.15) is 27.2 Å². The fourth-order valence-corrected chi connectivity index (χ4v) is 2.01. The van der Waals surface area contributed by atoms with Crippen LogP contribution in [0, 0.1) is 0 Å². The fourth-order valence-electron chi connectivity index (χ4n) is 1.46. The summed E-state index contributed by atoms with van der Waals surface area (Å²) in [7, 11) is 0. The molecule has 0 saturated carbocycles. The molecule has 0 saturated heterocycles. The Morgan fingerprint density at radius 1 is 1.42 bits per heavy atom. The number of amides is 1. The molecule has 1 aromatic carbocycles. The fraction of sp³-hybridized carbons (Fsp3) is 0.462. The molecule has 1 amide bonds. The van der Waals surface area contributed by atoms with Crippen LogP contribution >= 0.6 is 23.2 Å². The summed E-state index contributed by atoms with van der Waals surface area (Å²) in [4.78, 5) is 12.0. The summed E-state index contributed by atoms with van der Waals surface area (Å²) in [5.74, 6) is -0.295. The van der Waals surface area contributed by atoms with E-state index in [0.717, 1.165) is 6.42 Å². The molecule has 1 rings (SSSR count). The number of carbonyl (C=O) groups is 1. The van der Waals surface area contributed by atoms with Gasteiger partial charge in [0, 0.05) is 5.02 Å². The van der Waals surface area contributed by atoms with Crippen LogP contribution in [0.3, 0.4) is 0 Å². The van der Waals surface area contributed by atoms with Crippen molar-refractivity contribution >= 4 is 40.5 Å². The van der Waals surface area contributed by atoms with Gasteiger partial charge in [-0.15, -0.1) is 0 Å². The summed E-state index contributed by atoms with van der Waals surface area (Å²) in [6, 6.07) is 3.05. The second-order valence-corrected chi connectivity index (χ2v) is 5.18. The van der Waals surface area contributed by atoms with Gasteiger partial charge in [-0.1, -0.05) is 30.1 Å². The zero-order valence-corrected chi connectivity index (χ0v) is 12.7. The molecule has 0 aromatic heterocycles. The first-order valence-corrected chi connectivity index (χ1v) is 6.81. The maximum absolute atomic E-state index is 12.0. The number of hydrogen-bond acceptors (Lipinski definition) is 3. The van der Waals surface area contributed by atoms with Crippen LogP contribution in [-0.2, 0) is 9.53 Å². The van der Waals surface area contributed by atoms with E-state index in [0.29, 0.717) is 21.4 Å². The Morgan fingerprint density at radius 2 is 2.05 bits per heavy atom. The van der Waals surface area contributed by atoms with E-state index in [1.807, 2.05) is 13.8 Å². The number of benzene rings is 1. The van der Waals surface area contributed by atoms with Crippen molar-refractivity contribution in [3.05, 3.63) is 22.2 Å². The third-order valence-electron chi connectivity index (χ3n) is 2.71. The molecular formula is C13H18Cl2N2O2. The number of nitrogen functional groups attached to an aromatic ring is 1. The minimum Gasteiger partial charge on any atom is -0.397 e. The zero-order chi connectivity index (χ0) is 14.6. The maximum Gasteiger partial charge on any atom is 0.253 e. The lowest BCUT2D eigenvalue weighted by Crippen LogP contribution is -2.30. The molecule has 0 bridgehead atoms. The van der Waals surface area contributed by atoms with E-state index in [1.54, 1.807) is 6.92 Å². The number of hydrogen-bond donors (Lipinski definition) is 2. The predicted octanol–water partition coefficient (Wildman–Crippen LogP) is 3.72. The number of ether oxygens (including phenoxy) is 1. The molecule has 0 radical (unpaired) electrons. The van der Waals surface area contributed by atoms with Crippen LogP contribution in [-0.4, -0.2) is 18.1 Å². The smallest absolute Gasteiger partial charge is 0.253 e. The second kappa shape index (κ2) is 6.98. The first-order chi connectivity index (χ1) is 8.85. The Bertz CT molecular complexity index is 443. The molecule has 0 aliphatic carbocycles. The van der Waals surface area contributed by atoms with E-state index < -0.39 is 6.10 Å². The molecule has 19 heavy (non-hydrogen) atoms. The van der Waals surface area contributed by atoms with Gasteiger partial charge >= 0.3 is 0 Å². The van der Waals surface area contributed by atoms with Crippen molar-refractivity contribution in [2.45, 2.75) is 39.4 Å². The van der Waals surface area contributed by atoms with Gasteiger partial charge in [-0.3, -0.25) is 4.79 Å². The lowest BCUT2D eigenvalue weighted by atomic mass is 10.2. The quantitative estimate of drug-likeness (QED) is 0.815. The highest BCUT2D eigenvalue weighted by Gasteiger charge is 2.18. The van der Waals surface area contributed by atoms with Gasteiger partial charge in [0.15, 0.2) is 0 Å². The van der Waals surface area contributed by atoms with Crippen LogP contribution in [0.4, 0.5) is 11.4 Å². The summed E-state index contributed by atoms with van der Waals surface area (Å²) >= 11 is 11.8. The Labute approximate surface area is 123 Å². The molecule has 106 valence electrons. The Hall–Kier alpha value is -0.970. The lowest BCUT2D eigenvalue weighted by Gasteiger charge is -2.18. The number of carbonyl (C=O) groups excluding carboxylic acids is 1. The predicted molar refractivity (Wildman–Crippen MR) is 79.8 cm³/mol. The Balaban J connectivity index is 2.77. The van der Waals surface area contributed by atoms with Crippen molar-refractivity contribution in [1.29, 1.82) is 0 Å². The van der Waals surface area contributed by atoms with Gasteiger partial charge in [-0.25, -0.2) is 0 Å². The largest absolute Gasteiger partial charge is 0.397 e. The monoisotopic (exact) mass is 304 g/mol. The van der Waals surface area contributed by atoms with Gasteiger partial charge in [-0.05, 0) is 32.4 Å². The van der Waals surface area contributed by atoms with Crippen LogP contribution in [0.2, 0.25) is 10.0 Å². The first-order valence-electron chi connectivity index (χ1n) is 6.06. The highest BCUT2D eigenvalue weighted by Crippen LogP contribution is 2.32. The topological polar surface area (TPSA) is 64.3 Å². The van der Waals surface area contributed by atoms with Gasteiger partial charge in [-0.2, -0.15) is 0 Å². The normalized spacial score (nSPS) is 13.9. The number of anilines is 2. The lowest BCUT2D eigenvalue weighted by molar-refractivity contribution is -0.129. The van der Waals surface area contributed by atoms with Crippen LogP contribution < -0.4 is 11.1 Å². The highest BCUT2D eigenvalue weighted by molar-refractivity contribution is 6.37. The van der Waals surface area contributed by atoms with Crippen molar-refractivity contribution in [2.75, 3.05) is 11.1 Å². The summed E-state index contributed by atoms with van der Waals surface area (Å²) in [5, 5.41) is 3.38.